The Morgan fingerprint density at radius 3 is 1.21 bits per heavy atom. The summed E-state index contributed by atoms with van der Waals surface area (Å²) in [4.78, 5) is -3.46. The summed E-state index contributed by atoms with van der Waals surface area (Å²) in [7, 11) is -11.4. The van der Waals surface area contributed by atoms with E-state index < -0.39 is 88.0 Å². The molecule has 0 aromatic heterocycles. The minimum absolute atomic E-state index is 0.351. The normalized spacial score (nSPS) is 13.7. The highest BCUT2D eigenvalue weighted by atomic mass is 32.5. The zero-order valence-corrected chi connectivity index (χ0v) is 20.2. The van der Waals surface area contributed by atoms with Crippen molar-refractivity contribution in [1.82, 2.24) is 0 Å². The minimum atomic E-state index is -11.4. The van der Waals surface area contributed by atoms with Gasteiger partial charge in [0.25, 0.3) is 0 Å². The summed E-state index contributed by atoms with van der Waals surface area (Å²) in [5.74, 6) is 0. The molecule has 0 atom stereocenters. The quantitative estimate of drug-likeness (QED) is 0.385. The molecule has 0 N–H and O–H groups in total. The van der Waals surface area contributed by atoms with Gasteiger partial charge in [-0.2, -0.15) is 63.2 Å². The van der Waals surface area contributed by atoms with Gasteiger partial charge in [-0.15, -0.1) is 0 Å². The summed E-state index contributed by atoms with van der Waals surface area (Å²) in [6.45, 7) is 0. The lowest BCUT2D eigenvalue weighted by molar-refractivity contribution is -0.143. The summed E-state index contributed by atoms with van der Waals surface area (Å²) < 4.78 is 153. The van der Waals surface area contributed by atoms with Crippen molar-refractivity contribution >= 4 is 21.4 Å². The van der Waals surface area contributed by atoms with E-state index in [0.29, 0.717) is 12.1 Å². The molecule has 0 bridgehead atoms. The molecular formula is C23H2F11N7S. The summed E-state index contributed by atoms with van der Waals surface area (Å²) in [6.07, 6.45) is -11.6. The average Bonchev–Trinajstić information content (AvgIpc) is 2.86. The van der Waals surface area contributed by atoms with Gasteiger partial charge in [-0.3, -0.25) is 0 Å². The lowest BCUT2D eigenvalue weighted by Crippen LogP contribution is -2.34. The standard InChI is InChI=1S/C23H2F11N7S/c24-22(25,26)17-1-10(2-18(15(17)8-40)23(27,28)29)12(5-37)20-14(7-39)13(6-38)19(11(3-35)4-36)21(16(20)9-41)42(30,31,32,33)34/h1-2H/b20-12-. The Balaban J connectivity index is 3.77. The number of rotatable bonds is 2. The predicted octanol–water partition coefficient (Wildman–Crippen LogP) is 5.79. The van der Waals surface area contributed by atoms with Crippen molar-refractivity contribution in [3.8, 4) is 42.5 Å². The Kier molecular flexibility index (Phi) is 7.24. The van der Waals surface area contributed by atoms with Crippen LogP contribution >= 0.6 is 10.2 Å². The number of nitrogens with zero attached hydrogens (tertiary/aromatic N) is 7. The van der Waals surface area contributed by atoms with E-state index in [1.165, 1.54) is 0 Å². The summed E-state index contributed by atoms with van der Waals surface area (Å²) >= 11 is 0. The second-order valence-corrected chi connectivity index (χ2v) is 9.99. The molecule has 0 fully saturated rings. The van der Waals surface area contributed by atoms with Crippen molar-refractivity contribution in [3.05, 3.63) is 61.5 Å². The number of alkyl halides is 6. The van der Waals surface area contributed by atoms with E-state index in [2.05, 4.69) is 0 Å². The third-order valence-corrected chi connectivity index (χ3v) is 6.34. The van der Waals surface area contributed by atoms with Crippen molar-refractivity contribution in [2.75, 3.05) is 0 Å². The fraction of sp³-hybridized carbons (Fsp3) is 0.0870. The molecule has 0 aliphatic heterocycles. The molecule has 2 aromatic carbocycles. The summed E-state index contributed by atoms with van der Waals surface area (Å²) in [5.41, 5.74) is -18.2. The molecular weight excluding hydrogens is 615 g/mol. The van der Waals surface area contributed by atoms with Gasteiger partial charge in [-0.1, -0.05) is 19.4 Å². The van der Waals surface area contributed by atoms with Crippen LogP contribution in [0.1, 0.15) is 38.9 Å². The zero-order chi connectivity index (χ0) is 32.7. The van der Waals surface area contributed by atoms with Crippen molar-refractivity contribution in [2.24, 2.45) is 0 Å². The largest absolute Gasteiger partial charge is 0.417 e. The van der Waals surface area contributed by atoms with Crippen LogP contribution in [0.25, 0.3) is 11.1 Å². The third kappa shape index (κ3) is 5.58. The van der Waals surface area contributed by atoms with Crippen LogP contribution in [0.3, 0.4) is 0 Å². The Morgan fingerprint density at radius 1 is 0.548 bits per heavy atom. The lowest BCUT2D eigenvalue weighted by Gasteiger charge is -2.41. The van der Waals surface area contributed by atoms with Crippen molar-refractivity contribution in [2.45, 2.75) is 17.2 Å². The Morgan fingerprint density at radius 2 is 0.929 bits per heavy atom. The highest BCUT2D eigenvalue weighted by Crippen LogP contribution is 3.01. The molecule has 0 amide bonds. The van der Waals surface area contributed by atoms with Gasteiger partial charge in [-0.05, 0) is 17.7 Å². The summed E-state index contributed by atoms with van der Waals surface area (Å²) in [5, 5.41) is 61.1. The highest BCUT2D eigenvalue weighted by Gasteiger charge is 2.68. The second-order valence-electron chi connectivity index (χ2n) is 7.65. The van der Waals surface area contributed by atoms with Crippen molar-refractivity contribution in [3.63, 3.8) is 0 Å². The number of hydrogen-bond acceptors (Lipinski definition) is 7. The van der Waals surface area contributed by atoms with E-state index >= 15 is 0 Å². The van der Waals surface area contributed by atoms with Crippen LogP contribution in [-0.4, -0.2) is 0 Å². The van der Waals surface area contributed by atoms with Gasteiger partial charge in [0.2, 0.25) is 0 Å². The van der Waals surface area contributed by atoms with Crippen molar-refractivity contribution < 1.29 is 45.8 Å². The molecule has 42 heavy (non-hydrogen) atoms. The predicted molar refractivity (Wildman–Crippen MR) is 115 cm³/mol. The molecule has 0 spiro atoms. The lowest BCUT2D eigenvalue weighted by atomic mass is 9.89. The maximum Gasteiger partial charge on any atom is 0.417 e. The molecule has 0 unspecified atom stereocenters. The summed E-state index contributed by atoms with van der Waals surface area (Å²) in [6, 6.07) is 4.68. The highest BCUT2D eigenvalue weighted by molar-refractivity contribution is 8.45. The Hall–Kier alpha value is -5.81. The van der Waals surface area contributed by atoms with E-state index in [9.17, 15) is 66.8 Å². The topological polar surface area (TPSA) is 167 Å². The zero-order valence-electron chi connectivity index (χ0n) is 19.4. The molecule has 2 aromatic rings. The first kappa shape index (κ1) is 32.4. The molecule has 0 heterocycles. The monoisotopic (exact) mass is 617 g/mol. The molecule has 0 aliphatic carbocycles. The molecule has 0 aliphatic rings. The van der Waals surface area contributed by atoms with E-state index in [-0.39, 0.29) is 12.1 Å². The molecule has 7 nitrogen and oxygen atoms in total. The molecule has 0 radical (unpaired) electrons. The molecule has 212 valence electrons. The van der Waals surface area contributed by atoms with E-state index in [1.54, 1.807) is 0 Å². The van der Waals surface area contributed by atoms with Crippen LogP contribution in [0.5, 0.6) is 0 Å². The molecule has 19 heteroatoms. The molecule has 0 saturated carbocycles. The van der Waals surface area contributed by atoms with Crippen LogP contribution < -0.4 is 10.4 Å². The van der Waals surface area contributed by atoms with Gasteiger partial charge in [0.1, 0.15) is 53.0 Å². The minimum Gasteiger partial charge on any atom is -0.192 e. The van der Waals surface area contributed by atoms with Gasteiger partial charge < -0.3 is 0 Å². The second kappa shape index (κ2) is 9.39. The van der Waals surface area contributed by atoms with E-state index in [0.717, 1.165) is 30.3 Å². The van der Waals surface area contributed by atoms with Crippen LogP contribution in [0, 0.1) is 79.3 Å². The average molecular weight is 617 g/mol. The van der Waals surface area contributed by atoms with E-state index in [4.69, 9.17) is 15.8 Å². The van der Waals surface area contributed by atoms with Crippen LogP contribution in [0.15, 0.2) is 17.0 Å². The van der Waals surface area contributed by atoms with E-state index in [1.807, 2.05) is 0 Å². The Labute approximate surface area is 225 Å². The number of benzene rings is 2. The van der Waals surface area contributed by atoms with Crippen LogP contribution in [0.4, 0.5) is 45.8 Å². The van der Waals surface area contributed by atoms with Crippen LogP contribution in [-0.2, 0) is 12.4 Å². The molecule has 2 rings (SSSR count). The van der Waals surface area contributed by atoms with Gasteiger partial charge in [0, 0.05) is 10.4 Å². The van der Waals surface area contributed by atoms with Crippen molar-refractivity contribution in [1.29, 1.82) is 36.8 Å². The first-order valence-electron chi connectivity index (χ1n) is 9.83. The van der Waals surface area contributed by atoms with Gasteiger partial charge in [0.15, 0.2) is 0 Å². The van der Waals surface area contributed by atoms with Gasteiger partial charge in [0.05, 0.1) is 39.0 Å². The van der Waals surface area contributed by atoms with Gasteiger partial charge >= 0.3 is 22.6 Å². The smallest absolute Gasteiger partial charge is 0.192 e. The first-order valence-corrected chi connectivity index (χ1v) is 11.8. The number of nitriles is 7. The fourth-order valence-corrected chi connectivity index (χ4v) is 4.81. The number of halogens is 11. The molecule has 0 saturated heterocycles. The fourth-order valence-electron chi connectivity index (χ4n) is 3.69. The van der Waals surface area contributed by atoms with Crippen LogP contribution in [0.2, 0.25) is 0 Å². The number of hydrogen-bond donors (Lipinski definition) is 0. The third-order valence-electron chi connectivity index (χ3n) is 5.16. The Bertz CT molecular complexity index is 1960. The maximum atomic E-state index is 14.3. The first-order chi connectivity index (χ1) is 19.0. The maximum absolute atomic E-state index is 14.3. The van der Waals surface area contributed by atoms with Gasteiger partial charge in [-0.25, -0.2) is 0 Å². The SMILES string of the molecule is N#CC(C#N)=c1c(C#N)c(C#N)/c(=C(\C#N)c2cc(C(F)(F)F)c(C#N)c(C(F)(F)F)c2)c(C#N)c1S(F)(F)(F)(F)F.